The van der Waals surface area contributed by atoms with Crippen molar-refractivity contribution in [3.63, 3.8) is 0 Å². The van der Waals surface area contributed by atoms with Gasteiger partial charge in [0.25, 0.3) is 5.60 Å². The molecule has 0 aliphatic heterocycles. The number of thiophene rings is 1. The van der Waals surface area contributed by atoms with Gasteiger partial charge in [-0.25, -0.2) is 0 Å². The molecule has 0 aliphatic rings. The molecule has 4 nitrogen and oxygen atoms in total. The van der Waals surface area contributed by atoms with E-state index in [1.165, 1.54) is 11.3 Å². The van der Waals surface area contributed by atoms with Crippen molar-refractivity contribution < 1.29 is 45.0 Å². The van der Waals surface area contributed by atoms with E-state index in [2.05, 4.69) is 73.8 Å². The third-order valence-corrected chi connectivity index (χ3v) is 10.0. The summed E-state index contributed by atoms with van der Waals surface area (Å²) >= 11 is 1.33. The van der Waals surface area contributed by atoms with E-state index in [1.807, 2.05) is 18.2 Å². The summed E-state index contributed by atoms with van der Waals surface area (Å²) in [5.74, 6) is 0.643. The van der Waals surface area contributed by atoms with E-state index in [0.29, 0.717) is 28.7 Å². The van der Waals surface area contributed by atoms with Crippen LogP contribution in [-0.4, -0.2) is 41.1 Å². The highest BCUT2D eigenvalue weighted by molar-refractivity contribution is 7.13. The average Bonchev–Trinajstić information content (AvgIpc) is 3.37. The quantitative estimate of drug-likeness (QED) is 0.127. The van der Waals surface area contributed by atoms with Crippen LogP contribution in [0.3, 0.4) is 0 Å². The molecular formula is C34H50F6O4SSi2. The molecule has 2 rings (SSSR count). The molecule has 2 atom stereocenters. The van der Waals surface area contributed by atoms with Gasteiger partial charge in [0.05, 0.1) is 12.2 Å². The number of halogens is 6. The normalized spacial score (nSPS) is 15.6. The Morgan fingerprint density at radius 2 is 1.32 bits per heavy atom. The number of allylic oxidation sites excluding steroid dienone is 3. The van der Waals surface area contributed by atoms with Crippen LogP contribution in [-0.2, 0) is 15.5 Å². The minimum atomic E-state index is -5.92. The Hall–Kier alpha value is -1.91. The van der Waals surface area contributed by atoms with E-state index < -0.39 is 36.0 Å². The number of benzene rings is 1. The highest BCUT2D eigenvalue weighted by atomic mass is 32.1. The first-order valence-corrected chi connectivity index (χ1v) is 22.1. The summed E-state index contributed by atoms with van der Waals surface area (Å²) in [7, 11) is -2.87. The Labute approximate surface area is 283 Å². The predicted molar refractivity (Wildman–Crippen MR) is 184 cm³/mol. The van der Waals surface area contributed by atoms with E-state index in [9.17, 15) is 31.4 Å². The molecule has 1 heterocycles. The molecule has 2 aromatic rings. The average molecular weight is 725 g/mol. The topological polar surface area (TPSA) is 47.9 Å². The van der Waals surface area contributed by atoms with Gasteiger partial charge in [0, 0.05) is 9.75 Å². The van der Waals surface area contributed by atoms with Gasteiger partial charge >= 0.3 is 12.4 Å². The Kier molecular flexibility index (Phi) is 13.8. The molecule has 0 saturated heterocycles. The number of hydrogen-bond donors (Lipinski definition) is 1. The molecule has 2 unspecified atom stereocenters. The van der Waals surface area contributed by atoms with Crippen molar-refractivity contribution in [3.8, 4) is 5.75 Å². The molecule has 1 N–H and O–H groups in total. The van der Waals surface area contributed by atoms with Crippen molar-refractivity contribution in [2.24, 2.45) is 10.8 Å². The first-order chi connectivity index (χ1) is 21.3. The van der Waals surface area contributed by atoms with E-state index in [-0.39, 0.29) is 35.7 Å². The van der Waals surface area contributed by atoms with Gasteiger partial charge in [-0.15, -0.1) is 11.3 Å². The van der Waals surface area contributed by atoms with Crippen molar-refractivity contribution in [2.45, 2.75) is 118 Å². The van der Waals surface area contributed by atoms with E-state index in [4.69, 9.17) is 13.6 Å². The summed E-state index contributed by atoms with van der Waals surface area (Å²) in [5, 5.41) is 9.40. The Bertz CT molecular complexity index is 1350. The molecule has 0 amide bonds. The number of alkyl halides is 6. The summed E-state index contributed by atoms with van der Waals surface area (Å²) in [5.41, 5.74) is -2.70. The molecule has 266 valence electrons. The minimum absolute atomic E-state index is 0.142. The van der Waals surface area contributed by atoms with Crippen molar-refractivity contribution in [1.82, 2.24) is 0 Å². The van der Waals surface area contributed by atoms with Crippen molar-refractivity contribution in [2.75, 3.05) is 0 Å². The predicted octanol–water partition coefficient (Wildman–Crippen LogP) is 10.7. The molecule has 0 fully saturated rings. The van der Waals surface area contributed by atoms with Gasteiger partial charge in [-0.05, 0) is 90.5 Å². The van der Waals surface area contributed by atoms with Crippen LogP contribution in [0.1, 0.15) is 88.0 Å². The molecule has 0 bridgehead atoms. The van der Waals surface area contributed by atoms with E-state index in [1.54, 1.807) is 13.0 Å². The summed E-state index contributed by atoms with van der Waals surface area (Å²) in [6.45, 7) is 23.5. The maximum atomic E-state index is 13.0. The zero-order chi connectivity index (χ0) is 36.2. The van der Waals surface area contributed by atoms with Crippen molar-refractivity contribution in [1.29, 1.82) is 0 Å². The van der Waals surface area contributed by atoms with E-state index >= 15 is 0 Å². The van der Waals surface area contributed by atoms with Crippen LogP contribution in [0.2, 0.25) is 26.2 Å². The highest BCUT2D eigenvalue weighted by Crippen LogP contribution is 2.47. The van der Waals surface area contributed by atoms with Gasteiger partial charge in [-0.2, -0.15) is 26.3 Å². The van der Waals surface area contributed by atoms with Gasteiger partial charge in [0.1, 0.15) is 12.4 Å². The van der Waals surface area contributed by atoms with Crippen LogP contribution < -0.4 is 4.74 Å². The molecule has 0 aliphatic carbocycles. The SMILES string of the molecule is CCC(=CC=CC(O)(C(F)(F)F)C(F)(F)F)c1ccc(COc2ccc(C(O[SiH](C)C)C(C)(C)C)c(C(O[SiH](C)C)C(C)(C)C)c2)s1. The Morgan fingerprint density at radius 3 is 1.77 bits per heavy atom. The first-order valence-electron chi connectivity index (χ1n) is 15.7. The monoisotopic (exact) mass is 724 g/mol. The second-order valence-corrected chi connectivity index (χ2v) is 20.3. The van der Waals surface area contributed by atoms with Crippen molar-refractivity contribution in [3.05, 3.63) is 69.4 Å². The second kappa shape index (κ2) is 15.8. The Morgan fingerprint density at radius 1 is 0.809 bits per heavy atom. The third kappa shape index (κ3) is 11.0. The lowest BCUT2D eigenvalue weighted by atomic mass is 9.77. The lowest BCUT2D eigenvalue weighted by Crippen LogP contribution is -2.55. The molecular weight excluding hydrogens is 675 g/mol. The maximum Gasteiger partial charge on any atom is 0.430 e. The summed E-state index contributed by atoms with van der Waals surface area (Å²) < 4.78 is 97.8. The van der Waals surface area contributed by atoms with Crippen LogP contribution in [0.15, 0.2) is 48.6 Å². The Balaban J connectivity index is 2.44. The smallest absolute Gasteiger partial charge is 0.430 e. The fraction of sp³-hybridized carbons (Fsp3) is 0.588. The highest BCUT2D eigenvalue weighted by Gasteiger charge is 2.68. The van der Waals surface area contributed by atoms with Crippen LogP contribution in [0.25, 0.3) is 5.57 Å². The van der Waals surface area contributed by atoms with E-state index in [0.717, 1.165) is 22.1 Å². The molecule has 47 heavy (non-hydrogen) atoms. The summed E-state index contributed by atoms with van der Waals surface area (Å²) in [4.78, 5) is 1.48. The molecule has 1 aromatic heterocycles. The number of aliphatic hydroxyl groups is 1. The minimum Gasteiger partial charge on any atom is -0.488 e. The van der Waals surface area contributed by atoms with Gasteiger partial charge in [-0.1, -0.05) is 66.7 Å². The fourth-order valence-corrected chi connectivity index (χ4v) is 8.16. The second-order valence-electron chi connectivity index (χ2n) is 14.4. The first kappa shape index (κ1) is 41.3. The zero-order valence-electron chi connectivity index (χ0n) is 29.2. The molecule has 0 saturated carbocycles. The summed E-state index contributed by atoms with van der Waals surface area (Å²) in [6, 6.07) is 9.58. The van der Waals surface area contributed by atoms with Crippen LogP contribution >= 0.6 is 11.3 Å². The van der Waals surface area contributed by atoms with Gasteiger partial charge < -0.3 is 18.7 Å². The van der Waals surface area contributed by atoms with Crippen LogP contribution in [0.4, 0.5) is 26.3 Å². The van der Waals surface area contributed by atoms with Gasteiger partial charge in [0.15, 0.2) is 18.1 Å². The van der Waals surface area contributed by atoms with Gasteiger partial charge in [-0.3, -0.25) is 0 Å². The fourth-order valence-electron chi connectivity index (χ4n) is 4.95. The lowest BCUT2D eigenvalue weighted by molar-refractivity contribution is -0.347. The molecule has 13 heteroatoms. The number of ether oxygens (including phenoxy) is 1. The largest absolute Gasteiger partial charge is 0.488 e. The van der Waals surface area contributed by atoms with Crippen LogP contribution in [0.5, 0.6) is 5.75 Å². The van der Waals surface area contributed by atoms with Crippen LogP contribution in [0, 0.1) is 10.8 Å². The molecule has 0 spiro atoms. The third-order valence-electron chi connectivity index (χ3n) is 7.25. The molecule has 0 radical (unpaired) electrons. The molecule has 1 aromatic carbocycles. The number of hydrogen-bond acceptors (Lipinski definition) is 5. The maximum absolute atomic E-state index is 13.0. The van der Waals surface area contributed by atoms with Crippen molar-refractivity contribution >= 4 is 35.0 Å². The lowest BCUT2D eigenvalue weighted by Gasteiger charge is -2.39. The van der Waals surface area contributed by atoms with Gasteiger partial charge in [0.2, 0.25) is 0 Å². The zero-order valence-corrected chi connectivity index (χ0v) is 32.3. The summed E-state index contributed by atoms with van der Waals surface area (Å²) in [6.07, 6.45) is -10.3. The standard InChI is InChI=1S/C34H50F6O4SSi2/c1-12-22(14-13-19-32(41,33(35,36)37)34(38,39)40)27-18-16-24(45-27)21-42-23-15-17-25(28(30(2,3)4)43-46(8)9)26(20-23)29(31(5,6)7)44-47(10)11/h13-20,28-29,41,46-47H,12,21H2,1-11H3. The number of rotatable bonds is 13.